The minimum Gasteiger partial charge on any atom is -0.269 e. The number of aromatic nitrogens is 4. The molecule has 0 saturated heterocycles. The Morgan fingerprint density at radius 3 is 2.86 bits per heavy atom. The maximum Gasteiger partial charge on any atom is 0.312 e. The third kappa shape index (κ3) is 2.21. The highest BCUT2D eigenvalue weighted by Crippen LogP contribution is 2.22. The zero-order valence-electron chi connectivity index (χ0n) is 11.3. The van der Waals surface area contributed by atoms with Gasteiger partial charge in [0.1, 0.15) is 11.4 Å². The van der Waals surface area contributed by atoms with E-state index in [9.17, 15) is 14.9 Å². The molecule has 0 aromatic carbocycles. The Balaban J connectivity index is 2.04. The van der Waals surface area contributed by atoms with Crippen LogP contribution in [0.4, 0.5) is 5.69 Å². The summed E-state index contributed by atoms with van der Waals surface area (Å²) in [4.78, 5) is 27.4. The SMILES string of the molecule is Cc1nn(Cc2cc(=O)n3ccsc3n2)c(C)c1[N+](=O)[O-]. The van der Waals surface area contributed by atoms with E-state index in [0.717, 1.165) is 0 Å². The lowest BCUT2D eigenvalue weighted by atomic mass is 10.3. The summed E-state index contributed by atoms with van der Waals surface area (Å²) in [6.07, 6.45) is 1.66. The maximum atomic E-state index is 11.9. The molecule has 3 heterocycles. The molecule has 0 saturated carbocycles. The second-order valence-electron chi connectivity index (χ2n) is 4.58. The molecule has 0 aliphatic rings. The number of nitrogens with zero attached hydrogens (tertiary/aromatic N) is 5. The van der Waals surface area contributed by atoms with E-state index >= 15 is 0 Å². The van der Waals surface area contributed by atoms with Gasteiger partial charge in [0.2, 0.25) is 0 Å². The van der Waals surface area contributed by atoms with E-state index in [0.29, 0.717) is 22.0 Å². The Bertz CT molecular complexity index is 907. The Labute approximate surface area is 122 Å². The summed E-state index contributed by atoms with van der Waals surface area (Å²) in [5, 5.41) is 16.9. The number of rotatable bonds is 3. The summed E-state index contributed by atoms with van der Waals surface area (Å²) < 4.78 is 2.96. The highest BCUT2D eigenvalue weighted by molar-refractivity contribution is 7.15. The number of hydrogen-bond donors (Lipinski definition) is 0. The van der Waals surface area contributed by atoms with Crippen molar-refractivity contribution in [2.45, 2.75) is 20.4 Å². The molecular weight excluding hydrogens is 294 g/mol. The van der Waals surface area contributed by atoms with Crippen molar-refractivity contribution in [1.82, 2.24) is 19.2 Å². The second kappa shape index (κ2) is 4.77. The zero-order chi connectivity index (χ0) is 15.1. The standard InChI is InChI=1S/C12H11N5O3S/c1-7-11(17(19)20)8(2)16(14-7)6-9-5-10(18)15-3-4-21-12(15)13-9/h3-5H,6H2,1-2H3. The molecule has 21 heavy (non-hydrogen) atoms. The third-order valence-corrected chi connectivity index (χ3v) is 3.95. The number of fused-ring (bicyclic) bond motifs is 1. The number of thiazole rings is 1. The van der Waals surface area contributed by atoms with E-state index in [4.69, 9.17) is 0 Å². The third-order valence-electron chi connectivity index (χ3n) is 3.19. The van der Waals surface area contributed by atoms with Gasteiger partial charge in [0.15, 0.2) is 4.96 Å². The molecule has 0 amide bonds. The van der Waals surface area contributed by atoms with Gasteiger partial charge in [-0.05, 0) is 13.8 Å². The second-order valence-corrected chi connectivity index (χ2v) is 5.45. The topological polar surface area (TPSA) is 95.3 Å². The lowest BCUT2D eigenvalue weighted by Crippen LogP contribution is -2.15. The average molecular weight is 305 g/mol. The van der Waals surface area contributed by atoms with Gasteiger partial charge in [-0.15, -0.1) is 11.3 Å². The summed E-state index contributed by atoms with van der Waals surface area (Å²) >= 11 is 1.36. The maximum absolute atomic E-state index is 11.9. The molecule has 8 nitrogen and oxygen atoms in total. The van der Waals surface area contributed by atoms with Gasteiger partial charge >= 0.3 is 5.69 Å². The van der Waals surface area contributed by atoms with Gasteiger partial charge in [-0.25, -0.2) is 4.98 Å². The molecular formula is C12H11N5O3S. The van der Waals surface area contributed by atoms with Crippen molar-refractivity contribution >= 4 is 22.0 Å². The molecule has 3 aromatic rings. The van der Waals surface area contributed by atoms with E-state index in [2.05, 4.69) is 10.1 Å². The van der Waals surface area contributed by atoms with Crippen LogP contribution in [0.1, 0.15) is 17.1 Å². The molecule has 3 rings (SSSR count). The molecule has 3 aromatic heterocycles. The highest BCUT2D eigenvalue weighted by Gasteiger charge is 2.22. The van der Waals surface area contributed by atoms with Crippen LogP contribution in [0.25, 0.3) is 4.96 Å². The summed E-state index contributed by atoms with van der Waals surface area (Å²) in [5.74, 6) is 0. The lowest BCUT2D eigenvalue weighted by Gasteiger charge is -2.03. The summed E-state index contributed by atoms with van der Waals surface area (Å²) in [7, 11) is 0. The first-order chi connectivity index (χ1) is 9.97. The molecule has 9 heteroatoms. The van der Waals surface area contributed by atoms with Crippen molar-refractivity contribution in [3.8, 4) is 0 Å². The predicted molar refractivity (Wildman–Crippen MR) is 76.8 cm³/mol. The summed E-state index contributed by atoms with van der Waals surface area (Å²) in [6, 6.07) is 1.42. The van der Waals surface area contributed by atoms with Crippen molar-refractivity contribution in [1.29, 1.82) is 0 Å². The van der Waals surface area contributed by atoms with E-state index in [1.165, 1.54) is 26.5 Å². The molecule has 0 aliphatic carbocycles. The van der Waals surface area contributed by atoms with Crippen LogP contribution >= 0.6 is 11.3 Å². The minimum absolute atomic E-state index is 0.00363. The van der Waals surface area contributed by atoms with Gasteiger partial charge in [0, 0.05) is 17.6 Å². The van der Waals surface area contributed by atoms with Crippen molar-refractivity contribution in [2.24, 2.45) is 0 Å². The normalized spacial score (nSPS) is 11.1. The molecule has 0 atom stereocenters. The molecule has 0 bridgehead atoms. The van der Waals surface area contributed by atoms with Gasteiger partial charge in [-0.1, -0.05) is 0 Å². The molecule has 0 radical (unpaired) electrons. The van der Waals surface area contributed by atoms with Gasteiger partial charge in [-0.2, -0.15) is 5.10 Å². The fourth-order valence-electron chi connectivity index (χ4n) is 2.23. The van der Waals surface area contributed by atoms with E-state index in [1.54, 1.807) is 25.4 Å². The van der Waals surface area contributed by atoms with Crippen molar-refractivity contribution in [3.05, 3.63) is 55.2 Å². The zero-order valence-corrected chi connectivity index (χ0v) is 12.1. The molecule has 0 unspecified atom stereocenters. The first-order valence-electron chi connectivity index (χ1n) is 6.11. The van der Waals surface area contributed by atoms with Crippen molar-refractivity contribution < 1.29 is 4.92 Å². The van der Waals surface area contributed by atoms with Crippen LogP contribution in [0.2, 0.25) is 0 Å². The van der Waals surface area contributed by atoms with Gasteiger partial charge < -0.3 is 0 Å². The molecule has 0 N–H and O–H groups in total. The first kappa shape index (κ1) is 13.4. The van der Waals surface area contributed by atoms with E-state index in [1.807, 2.05) is 0 Å². The fourth-order valence-corrected chi connectivity index (χ4v) is 2.97. The largest absolute Gasteiger partial charge is 0.312 e. The van der Waals surface area contributed by atoms with Gasteiger partial charge in [0.05, 0.1) is 17.2 Å². The Morgan fingerprint density at radius 2 is 2.19 bits per heavy atom. The predicted octanol–water partition coefficient (Wildman–Crippen LogP) is 1.53. The van der Waals surface area contributed by atoms with Crippen LogP contribution in [0.15, 0.2) is 22.4 Å². The molecule has 0 aliphatic heterocycles. The Morgan fingerprint density at radius 1 is 1.43 bits per heavy atom. The van der Waals surface area contributed by atoms with Gasteiger partial charge in [0.25, 0.3) is 5.56 Å². The fraction of sp³-hybridized carbons (Fsp3) is 0.250. The monoisotopic (exact) mass is 305 g/mol. The van der Waals surface area contributed by atoms with Crippen LogP contribution < -0.4 is 5.56 Å². The van der Waals surface area contributed by atoms with Crippen molar-refractivity contribution in [2.75, 3.05) is 0 Å². The molecule has 108 valence electrons. The van der Waals surface area contributed by atoms with Crippen LogP contribution in [-0.2, 0) is 6.54 Å². The average Bonchev–Trinajstić information content (AvgIpc) is 2.95. The first-order valence-corrected chi connectivity index (χ1v) is 6.99. The summed E-state index contributed by atoms with van der Waals surface area (Å²) in [6.45, 7) is 3.45. The molecule has 0 spiro atoms. The lowest BCUT2D eigenvalue weighted by molar-refractivity contribution is -0.386. The van der Waals surface area contributed by atoms with E-state index in [-0.39, 0.29) is 17.8 Å². The highest BCUT2D eigenvalue weighted by atomic mass is 32.1. The number of aryl methyl sites for hydroxylation is 1. The number of nitro groups is 1. The molecule has 0 fully saturated rings. The van der Waals surface area contributed by atoms with Crippen molar-refractivity contribution in [3.63, 3.8) is 0 Å². The smallest absolute Gasteiger partial charge is 0.269 e. The summed E-state index contributed by atoms with van der Waals surface area (Å²) in [5.41, 5.74) is 1.16. The minimum atomic E-state index is -0.445. The van der Waals surface area contributed by atoms with E-state index < -0.39 is 4.92 Å². The Hall–Kier alpha value is -2.55. The number of hydrogen-bond acceptors (Lipinski definition) is 6. The van der Waals surface area contributed by atoms with Gasteiger partial charge in [-0.3, -0.25) is 24.0 Å². The van der Waals surface area contributed by atoms with Crippen LogP contribution in [0, 0.1) is 24.0 Å². The van der Waals surface area contributed by atoms with Crippen LogP contribution in [-0.4, -0.2) is 24.1 Å². The van der Waals surface area contributed by atoms with Crippen LogP contribution in [0.3, 0.4) is 0 Å². The quantitative estimate of drug-likeness (QED) is 0.540. The Kier molecular flexibility index (Phi) is 3.05. The van der Waals surface area contributed by atoms with Crippen LogP contribution in [0.5, 0.6) is 0 Å².